The van der Waals surface area contributed by atoms with Crippen molar-refractivity contribution in [1.29, 1.82) is 0 Å². The maximum Gasteiger partial charge on any atom is 0.328 e. The Kier molecular flexibility index (Phi) is 8.12. The molecular formula is C15H16O4. The van der Waals surface area contributed by atoms with E-state index in [-0.39, 0.29) is 0 Å². The summed E-state index contributed by atoms with van der Waals surface area (Å²) in [5.74, 6) is -1.91. The lowest BCUT2D eigenvalue weighted by molar-refractivity contribution is -0.132. The smallest absolute Gasteiger partial charge is 0.328 e. The fourth-order valence-electron chi connectivity index (χ4n) is 1.06. The van der Waals surface area contributed by atoms with E-state index in [0.717, 1.165) is 23.3 Å². The van der Waals surface area contributed by atoms with Gasteiger partial charge in [0.25, 0.3) is 0 Å². The van der Waals surface area contributed by atoms with Gasteiger partial charge >= 0.3 is 11.9 Å². The Morgan fingerprint density at radius 2 is 1.58 bits per heavy atom. The minimum absolute atomic E-state index is 0.833. The second kappa shape index (κ2) is 9.41. The van der Waals surface area contributed by atoms with Crippen LogP contribution in [0.4, 0.5) is 0 Å². The predicted octanol–water partition coefficient (Wildman–Crippen LogP) is 2.99. The minimum atomic E-state index is -0.981. The second-order valence-electron chi connectivity index (χ2n) is 3.51. The van der Waals surface area contributed by atoms with Crippen LogP contribution in [0.2, 0.25) is 0 Å². The molecule has 0 saturated heterocycles. The number of rotatable bonds is 4. The predicted molar refractivity (Wildman–Crippen MR) is 74.7 cm³/mol. The van der Waals surface area contributed by atoms with E-state index in [0.29, 0.717) is 0 Å². The normalized spacial score (nSPS) is 10.5. The SMILES string of the molecule is C=CC(=O)O.CC(C=CC(=O)O)=Cc1ccccc1. The van der Waals surface area contributed by atoms with Crippen molar-refractivity contribution in [2.24, 2.45) is 0 Å². The van der Waals surface area contributed by atoms with E-state index in [4.69, 9.17) is 10.2 Å². The Morgan fingerprint density at radius 1 is 1.05 bits per heavy atom. The van der Waals surface area contributed by atoms with Gasteiger partial charge in [-0.15, -0.1) is 0 Å². The van der Waals surface area contributed by atoms with Crippen molar-refractivity contribution in [3.63, 3.8) is 0 Å². The number of hydrogen-bond acceptors (Lipinski definition) is 2. The molecule has 0 aliphatic rings. The number of carboxylic acids is 2. The van der Waals surface area contributed by atoms with Crippen LogP contribution in [0.5, 0.6) is 0 Å². The molecule has 19 heavy (non-hydrogen) atoms. The Balaban J connectivity index is 0.000000555. The van der Waals surface area contributed by atoms with Crippen LogP contribution in [0.3, 0.4) is 0 Å². The number of carbonyl (C=O) groups is 2. The van der Waals surface area contributed by atoms with Crippen LogP contribution in [0.1, 0.15) is 12.5 Å². The van der Waals surface area contributed by atoms with E-state index in [1.807, 2.05) is 43.3 Å². The summed E-state index contributed by atoms with van der Waals surface area (Å²) < 4.78 is 0. The molecule has 0 aliphatic heterocycles. The number of benzene rings is 1. The summed E-state index contributed by atoms with van der Waals surface area (Å²) in [5, 5.41) is 16.0. The van der Waals surface area contributed by atoms with Gasteiger partial charge in [-0.2, -0.15) is 0 Å². The van der Waals surface area contributed by atoms with E-state index >= 15 is 0 Å². The van der Waals surface area contributed by atoms with Crippen molar-refractivity contribution in [3.8, 4) is 0 Å². The van der Waals surface area contributed by atoms with Gasteiger partial charge in [0.05, 0.1) is 0 Å². The molecule has 0 unspecified atom stereocenters. The average Bonchev–Trinajstić information content (AvgIpc) is 2.38. The lowest BCUT2D eigenvalue weighted by Crippen LogP contribution is -1.85. The average molecular weight is 260 g/mol. The molecule has 100 valence electrons. The van der Waals surface area contributed by atoms with Crippen molar-refractivity contribution < 1.29 is 19.8 Å². The van der Waals surface area contributed by atoms with E-state index < -0.39 is 11.9 Å². The first kappa shape index (κ1) is 16.4. The highest BCUT2D eigenvalue weighted by Gasteiger charge is 1.88. The largest absolute Gasteiger partial charge is 0.478 e. The van der Waals surface area contributed by atoms with Gasteiger partial charge in [-0.25, -0.2) is 9.59 Å². The van der Waals surface area contributed by atoms with E-state index in [1.165, 1.54) is 0 Å². The van der Waals surface area contributed by atoms with E-state index in [9.17, 15) is 9.59 Å². The van der Waals surface area contributed by atoms with Crippen LogP contribution in [-0.4, -0.2) is 22.2 Å². The molecule has 0 fully saturated rings. The fourth-order valence-corrected chi connectivity index (χ4v) is 1.06. The van der Waals surface area contributed by atoms with Crippen LogP contribution >= 0.6 is 0 Å². The molecule has 4 nitrogen and oxygen atoms in total. The minimum Gasteiger partial charge on any atom is -0.478 e. The molecule has 0 spiro atoms. The molecule has 1 aromatic carbocycles. The van der Waals surface area contributed by atoms with E-state index in [2.05, 4.69) is 6.58 Å². The Hall–Kier alpha value is -2.62. The lowest BCUT2D eigenvalue weighted by atomic mass is 10.1. The number of hydrogen-bond donors (Lipinski definition) is 2. The van der Waals surface area contributed by atoms with Gasteiger partial charge in [0.2, 0.25) is 0 Å². The number of allylic oxidation sites excluding steroid dienone is 2. The molecule has 1 rings (SSSR count). The van der Waals surface area contributed by atoms with Crippen molar-refractivity contribution in [2.75, 3.05) is 0 Å². The summed E-state index contributed by atoms with van der Waals surface area (Å²) in [7, 11) is 0. The monoisotopic (exact) mass is 260 g/mol. The van der Waals surface area contributed by atoms with Crippen molar-refractivity contribution in [1.82, 2.24) is 0 Å². The second-order valence-corrected chi connectivity index (χ2v) is 3.51. The van der Waals surface area contributed by atoms with Crippen molar-refractivity contribution in [3.05, 3.63) is 66.3 Å². The topological polar surface area (TPSA) is 74.6 Å². The molecule has 0 atom stereocenters. The molecule has 0 bridgehead atoms. The first-order valence-electron chi connectivity index (χ1n) is 5.45. The van der Waals surface area contributed by atoms with Crippen molar-refractivity contribution in [2.45, 2.75) is 6.92 Å². The van der Waals surface area contributed by atoms with Gasteiger partial charge in [-0.1, -0.05) is 54.6 Å². The highest BCUT2D eigenvalue weighted by molar-refractivity contribution is 5.80. The summed E-state index contributed by atoms with van der Waals surface area (Å²) >= 11 is 0. The molecule has 0 aromatic heterocycles. The third-order valence-corrected chi connectivity index (χ3v) is 1.86. The molecule has 0 saturated carbocycles. The lowest BCUT2D eigenvalue weighted by Gasteiger charge is -1.93. The number of aliphatic carboxylic acids is 2. The molecule has 4 heteroatoms. The maximum absolute atomic E-state index is 10.2. The van der Waals surface area contributed by atoms with Gasteiger partial charge in [-0.3, -0.25) is 0 Å². The standard InChI is InChI=1S/C12H12O2.C3H4O2/c1-10(7-8-12(13)14)9-11-5-3-2-4-6-11;1-2-3(4)5/h2-9H,1H3,(H,13,14);2H,1H2,(H,4,5). The first-order chi connectivity index (χ1) is 8.95. The maximum atomic E-state index is 10.2. The Morgan fingerprint density at radius 3 is 2.00 bits per heavy atom. The van der Waals surface area contributed by atoms with Crippen molar-refractivity contribution >= 4 is 18.0 Å². The van der Waals surface area contributed by atoms with E-state index in [1.54, 1.807) is 6.08 Å². The number of carboxylic acid groups (broad SMARTS) is 2. The zero-order chi connectivity index (χ0) is 14.7. The highest BCUT2D eigenvalue weighted by atomic mass is 16.4. The molecule has 2 N–H and O–H groups in total. The van der Waals surface area contributed by atoms with Crippen LogP contribution in [0.25, 0.3) is 6.08 Å². The third-order valence-electron chi connectivity index (χ3n) is 1.86. The zero-order valence-corrected chi connectivity index (χ0v) is 10.6. The summed E-state index contributed by atoms with van der Waals surface area (Å²) in [6, 6.07) is 9.77. The first-order valence-corrected chi connectivity index (χ1v) is 5.45. The highest BCUT2D eigenvalue weighted by Crippen LogP contribution is 2.06. The van der Waals surface area contributed by atoms with Crippen LogP contribution < -0.4 is 0 Å². The van der Waals surface area contributed by atoms with Gasteiger partial charge in [0.1, 0.15) is 0 Å². The summed E-state index contributed by atoms with van der Waals surface area (Å²) in [6.07, 6.45) is 5.48. The molecule has 0 amide bonds. The molecule has 0 radical (unpaired) electrons. The third kappa shape index (κ3) is 10.3. The molecule has 0 aliphatic carbocycles. The van der Waals surface area contributed by atoms with Crippen LogP contribution in [-0.2, 0) is 9.59 Å². The van der Waals surface area contributed by atoms with Crippen LogP contribution in [0, 0.1) is 0 Å². The van der Waals surface area contributed by atoms with Gasteiger partial charge < -0.3 is 10.2 Å². The molecule has 1 aromatic rings. The molecular weight excluding hydrogens is 244 g/mol. The zero-order valence-electron chi connectivity index (χ0n) is 10.6. The van der Waals surface area contributed by atoms with Gasteiger partial charge in [-0.05, 0) is 12.5 Å². The Bertz CT molecular complexity index is 484. The fraction of sp³-hybridized carbons (Fsp3) is 0.0667. The summed E-state index contributed by atoms with van der Waals surface area (Å²) in [6.45, 7) is 4.83. The molecule has 0 heterocycles. The summed E-state index contributed by atoms with van der Waals surface area (Å²) in [5.41, 5.74) is 1.98. The van der Waals surface area contributed by atoms with Crippen LogP contribution in [0.15, 0.2) is 60.7 Å². The van der Waals surface area contributed by atoms with Gasteiger partial charge in [0, 0.05) is 12.2 Å². The quantitative estimate of drug-likeness (QED) is 0.644. The van der Waals surface area contributed by atoms with Gasteiger partial charge in [0.15, 0.2) is 0 Å². The Labute approximate surface area is 112 Å². The summed E-state index contributed by atoms with van der Waals surface area (Å²) in [4.78, 5) is 19.5.